The SMILES string of the molecule is C[C@@H](O)[C@@H](C(N)=O)N1CC2(CCCN2S(C)(=O)=O)C1=O. The summed E-state index contributed by atoms with van der Waals surface area (Å²) < 4.78 is 24.7. The topological polar surface area (TPSA) is 121 Å². The fourth-order valence-corrected chi connectivity index (χ4v) is 4.51. The number of carbonyl (C=O) groups excluding carboxylic acids is 2. The third kappa shape index (κ3) is 2.09. The van der Waals surface area contributed by atoms with Crippen molar-refractivity contribution < 1.29 is 23.1 Å². The molecule has 20 heavy (non-hydrogen) atoms. The molecule has 3 atom stereocenters. The van der Waals surface area contributed by atoms with Gasteiger partial charge in [-0.1, -0.05) is 0 Å². The van der Waals surface area contributed by atoms with Crippen LogP contribution in [0.1, 0.15) is 19.8 Å². The van der Waals surface area contributed by atoms with Crippen LogP contribution in [0.4, 0.5) is 0 Å². The Labute approximate surface area is 117 Å². The van der Waals surface area contributed by atoms with Crippen molar-refractivity contribution in [2.45, 2.75) is 37.5 Å². The summed E-state index contributed by atoms with van der Waals surface area (Å²) in [6.07, 6.45) is 1.00. The van der Waals surface area contributed by atoms with Crippen LogP contribution in [-0.4, -0.2) is 71.6 Å². The van der Waals surface area contributed by atoms with Crippen molar-refractivity contribution >= 4 is 21.8 Å². The number of amides is 2. The molecule has 0 bridgehead atoms. The molecule has 3 N–H and O–H groups in total. The van der Waals surface area contributed by atoms with E-state index >= 15 is 0 Å². The number of hydrogen-bond acceptors (Lipinski definition) is 5. The van der Waals surface area contributed by atoms with E-state index in [-0.39, 0.29) is 6.54 Å². The van der Waals surface area contributed by atoms with Gasteiger partial charge in [-0.15, -0.1) is 0 Å². The molecule has 0 radical (unpaired) electrons. The Balaban J connectivity index is 2.25. The predicted molar refractivity (Wildman–Crippen MR) is 69.9 cm³/mol. The first-order valence-corrected chi connectivity index (χ1v) is 8.22. The van der Waals surface area contributed by atoms with E-state index in [1.807, 2.05) is 0 Å². The summed E-state index contributed by atoms with van der Waals surface area (Å²) >= 11 is 0. The standard InChI is InChI=1S/C11H19N3O5S/c1-7(15)8(9(12)16)13-6-11(10(13)17)4-3-5-14(11)20(2,18)19/h7-8,15H,3-6H2,1-2H3,(H2,12,16)/t7-,8+,11?/m1/s1. The summed E-state index contributed by atoms with van der Waals surface area (Å²) in [6, 6.07) is -1.12. The number of likely N-dealkylation sites (tertiary alicyclic amines) is 1. The number of hydrogen-bond donors (Lipinski definition) is 2. The summed E-state index contributed by atoms with van der Waals surface area (Å²) in [7, 11) is -3.49. The Kier molecular flexibility index (Phi) is 3.55. The van der Waals surface area contributed by atoms with Crippen molar-refractivity contribution in [1.82, 2.24) is 9.21 Å². The van der Waals surface area contributed by atoms with E-state index in [0.717, 1.165) is 11.2 Å². The van der Waals surface area contributed by atoms with Crippen LogP contribution in [0.25, 0.3) is 0 Å². The first kappa shape index (κ1) is 15.2. The van der Waals surface area contributed by atoms with E-state index in [1.165, 1.54) is 11.2 Å². The second-order valence-electron chi connectivity index (χ2n) is 5.49. The lowest BCUT2D eigenvalue weighted by Crippen LogP contribution is -2.76. The van der Waals surface area contributed by atoms with Gasteiger partial charge in [0.2, 0.25) is 21.8 Å². The largest absolute Gasteiger partial charge is 0.391 e. The molecule has 0 aromatic carbocycles. The molecular weight excluding hydrogens is 286 g/mol. The predicted octanol–water partition coefficient (Wildman–Crippen LogP) is -2.14. The van der Waals surface area contributed by atoms with Gasteiger partial charge in [-0.2, -0.15) is 4.31 Å². The molecular formula is C11H19N3O5S. The Morgan fingerprint density at radius 1 is 1.50 bits per heavy atom. The highest BCUT2D eigenvalue weighted by Gasteiger charge is 2.63. The lowest BCUT2D eigenvalue weighted by molar-refractivity contribution is -0.167. The van der Waals surface area contributed by atoms with Gasteiger partial charge >= 0.3 is 0 Å². The molecule has 2 amide bonds. The number of β-lactam (4-membered cyclic amide) rings is 1. The summed E-state index contributed by atoms with van der Waals surface area (Å²) in [4.78, 5) is 24.9. The van der Waals surface area contributed by atoms with Crippen molar-refractivity contribution in [3.8, 4) is 0 Å². The van der Waals surface area contributed by atoms with E-state index in [9.17, 15) is 23.1 Å². The molecule has 2 heterocycles. The third-order valence-corrected chi connectivity index (χ3v) is 5.34. The Morgan fingerprint density at radius 2 is 2.10 bits per heavy atom. The number of aliphatic hydroxyl groups excluding tert-OH is 1. The van der Waals surface area contributed by atoms with Crippen LogP contribution in [0.5, 0.6) is 0 Å². The molecule has 0 aromatic heterocycles. The highest BCUT2D eigenvalue weighted by atomic mass is 32.2. The smallest absolute Gasteiger partial charge is 0.246 e. The summed E-state index contributed by atoms with van der Waals surface area (Å²) in [5, 5.41) is 9.57. The van der Waals surface area contributed by atoms with Gasteiger partial charge < -0.3 is 15.7 Å². The van der Waals surface area contributed by atoms with Crippen LogP contribution in [0.15, 0.2) is 0 Å². The number of primary amides is 1. The van der Waals surface area contributed by atoms with Gasteiger partial charge in [0.1, 0.15) is 11.6 Å². The third-order valence-electron chi connectivity index (χ3n) is 4.00. The Bertz CT molecular complexity index is 546. The maximum Gasteiger partial charge on any atom is 0.246 e. The molecule has 0 aromatic rings. The zero-order chi connectivity index (χ0) is 15.3. The average molecular weight is 305 g/mol. The molecule has 2 rings (SSSR count). The van der Waals surface area contributed by atoms with Gasteiger partial charge in [0, 0.05) is 6.54 Å². The van der Waals surface area contributed by atoms with Gasteiger partial charge in [-0.25, -0.2) is 8.42 Å². The molecule has 9 heteroatoms. The lowest BCUT2D eigenvalue weighted by atomic mass is 9.84. The lowest BCUT2D eigenvalue weighted by Gasteiger charge is -2.52. The zero-order valence-electron chi connectivity index (χ0n) is 11.4. The molecule has 8 nitrogen and oxygen atoms in total. The van der Waals surface area contributed by atoms with E-state index < -0.39 is 39.5 Å². The van der Waals surface area contributed by atoms with Crippen LogP contribution in [0.3, 0.4) is 0 Å². The normalized spacial score (nSPS) is 30.4. The molecule has 1 unspecified atom stereocenters. The van der Waals surface area contributed by atoms with Crippen molar-refractivity contribution in [2.24, 2.45) is 5.73 Å². The van der Waals surface area contributed by atoms with Crippen LogP contribution in [0.2, 0.25) is 0 Å². The minimum atomic E-state index is -3.49. The van der Waals surface area contributed by atoms with Gasteiger partial charge in [0.15, 0.2) is 0 Å². The average Bonchev–Trinajstić information content (AvgIpc) is 2.73. The number of nitrogens with zero attached hydrogens (tertiary/aromatic N) is 2. The number of rotatable bonds is 4. The quantitative estimate of drug-likeness (QED) is 0.574. The van der Waals surface area contributed by atoms with Crippen LogP contribution in [0, 0.1) is 0 Å². The van der Waals surface area contributed by atoms with Crippen molar-refractivity contribution in [3.05, 3.63) is 0 Å². The van der Waals surface area contributed by atoms with Crippen LogP contribution < -0.4 is 5.73 Å². The molecule has 2 aliphatic heterocycles. The highest BCUT2D eigenvalue weighted by Crippen LogP contribution is 2.41. The number of carbonyl (C=O) groups is 2. The molecule has 2 fully saturated rings. The van der Waals surface area contributed by atoms with Gasteiger partial charge in [0.05, 0.1) is 18.9 Å². The molecule has 0 saturated carbocycles. The fraction of sp³-hybridized carbons (Fsp3) is 0.818. The monoisotopic (exact) mass is 305 g/mol. The number of nitrogens with two attached hydrogens (primary N) is 1. The van der Waals surface area contributed by atoms with Crippen LogP contribution in [-0.2, 0) is 19.6 Å². The fourth-order valence-electron chi connectivity index (χ4n) is 3.18. The summed E-state index contributed by atoms with van der Waals surface area (Å²) in [5.74, 6) is -1.25. The van der Waals surface area contributed by atoms with Gasteiger partial charge in [-0.05, 0) is 19.8 Å². The first-order chi connectivity index (χ1) is 9.11. The van der Waals surface area contributed by atoms with E-state index in [0.29, 0.717) is 19.4 Å². The van der Waals surface area contributed by atoms with Gasteiger partial charge in [-0.3, -0.25) is 9.59 Å². The van der Waals surface area contributed by atoms with Crippen molar-refractivity contribution in [1.29, 1.82) is 0 Å². The Morgan fingerprint density at radius 3 is 2.50 bits per heavy atom. The summed E-state index contributed by atoms with van der Waals surface area (Å²) in [6.45, 7) is 1.77. The minimum absolute atomic E-state index is 0.0947. The zero-order valence-corrected chi connectivity index (χ0v) is 12.3. The molecule has 114 valence electrons. The number of sulfonamides is 1. The second kappa shape index (κ2) is 4.68. The molecule has 0 aliphatic carbocycles. The van der Waals surface area contributed by atoms with E-state index in [4.69, 9.17) is 5.73 Å². The number of aliphatic hydroxyl groups is 1. The highest BCUT2D eigenvalue weighted by molar-refractivity contribution is 7.88. The second-order valence-corrected chi connectivity index (χ2v) is 7.40. The maximum absolute atomic E-state index is 12.4. The maximum atomic E-state index is 12.4. The first-order valence-electron chi connectivity index (χ1n) is 6.37. The van der Waals surface area contributed by atoms with E-state index in [1.54, 1.807) is 0 Å². The molecule has 2 saturated heterocycles. The molecule has 1 spiro atoms. The van der Waals surface area contributed by atoms with E-state index in [2.05, 4.69) is 0 Å². The molecule has 2 aliphatic rings. The van der Waals surface area contributed by atoms with Crippen molar-refractivity contribution in [2.75, 3.05) is 19.3 Å². The van der Waals surface area contributed by atoms with Crippen LogP contribution >= 0.6 is 0 Å². The summed E-state index contributed by atoms with van der Waals surface area (Å²) in [5.41, 5.74) is 4.11. The van der Waals surface area contributed by atoms with Gasteiger partial charge in [0.25, 0.3) is 0 Å². The Hall–Kier alpha value is -1.19. The van der Waals surface area contributed by atoms with Crippen molar-refractivity contribution in [3.63, 3.8) is 0 Å². The minimum Gasteiger partial charge on any atom is -0.391 e.